The molecule has 0 unspecified atom stereocenters. The van der Waals surface area contributed by atoms with Crippen LogP contribution in [0.15, 0.2) is 18.7 Å². The Balaban J connectivity index is 1.45. The molecule has 4 heterocycles. The van der Waals surface area contributed by atoms with Crippen molar-refractivity contribution in [1.29, 1.82) is 0 Å². The van der Waals surface area contributed by atoms with Gasteiger partial charge in [-0.1, -0.05) is 19.3 Å². The first-order valence-corrected chi connectivity index (χ1v) is 10.7. The normalized spacial score (nSPS) is 27.3. The van der Waals surface area contributed by atoms with Crippen molar-refractivity contribution in [2.45, 2.75) is 63.2 Å². The first kappa shape index (κ1) is 20.3. The van der Waals surface area contributed by atoms with Crippen LogP contribution in [-0.4, -0.2) is 69.5 Å². The minimum Gasteiger partial charge on any atom is -0.394 e. The van der Waals surface area contributed by atoms with Crippen LogP contribution in [0.1, 0.15) is 38.3 Å². The van der Waals surface area contributed by atoms with Gasteiger partial charge in [-0.25, -0.2) is 15.0 Å². The van der Waals surface area contributed by atoms with Gasteiger partial charge in [-0.2, -0.15) is 5.10 Å². The first-order valence-electron chi connectivity index (χ1n) is 10.7. The molecule has 11 nitrogen and oxygen atoms in total. The van der Waals surface area contributed by atoms with Gasteiger partial charge in [-0.3, -0.25) is 9.25 Å². The number of rotatable bonds is 5. The summed E-state index contributed by atoms with van der Waals surface area (Å²) < 4.78 is 9.05. The molecule has 31 heavy (non-hydrogen) atoms. The summed E-state index contributed by atoms with van der Waals surface area (Å²) in [4.78, 5) is 13.2. The molecule has 1 saturated carbocycles. The molecule has 0 radical (unpaired) electrons. The topological polar surface area (TPSA) is 157 Å². The molecule has 0 amide bonds. The van der Waals surface area contributed by atoms with Crippen molar-refractivity contribution < 1.29 is 20.1 Å². The Hall–Kier alpha value is -2.60. The molecule has 1 saturated heterocycles. The van der Waals surface area contributed by atoms with Crippen molar-refractivity contribution in [1.82, 2.24) is 29.3 Å². The SMILES string of the molecule is Nc1nc(-c2cnn(CC3CCCCC3)c2)nc2c1ncn2[C@@H]1O[C@H](CO)[C@@H](O)[C@H]1O. The number of imidazole rings is 1. The highest BCUT2D eigenvalue weighted by Crippen LogP contribution is 2.33. The maximum absolute atomic E-state index is 10.4. The van der Waals surface area contributed by atoms with E-state index in [-0.39, 0.29) is 5.82 Å². The van der Waals surface area contributed by atoms with Gasteiger partial charge in [0, 0.05) is 12.7 Å². The number of ether oxygens (including phenoxy) is 1. The molecule has 4 atom stereocenters. The number of nitrogens with two attached hydrogens (primary N) is 1. The van der Waals surface area contributed by atoms with Crippen LogP contribution >= 0.6 is 0 Å². The van der Waals surface area contributed by atoms with Crippen LogP contribution < -0.4 is 5.73 Å². The van der Waals surface area contributed by atoms with Gasteiger partial charge in [0.1, 0.15) is 23.8 Å². The van der Waals surface area contributed by atoms with Gasteiger partial charge in [0.05, 0.1) is 24.7 Å². The lowest BCUT2D eigenvalue weighted by Gasteiger charge is -2.21. The van der Waals surface area contributed by atoms with E-state index >= 15 is 0 Å². The van der Waals surface area contributed by atoms with Crippen LogP contribution in [0.3, 0.4) is 0 Å². The fourth-order valence-corrected chi connectivity index (χ4v) is 4.58. The average Bonchev–Trinajstić information content (AvgIpc) is 3.48. The van der Waals surface area contributed by atoms with Gasteiger partial charge >= 0.3 is 0 Å². The summed E-state index contributed by atoms with van der Waals surface area (Å²) in [7, 11) is 0. The van der Waals surface area contributed by atoms with Gasteiger partial charge in [0.15, 0.2) is 23.5 Å². The number of nitrogens with zero attached hydrogens (tertiary/aromatic N) is 6. The number of aliphatic hydroxyl groups is 3. The lowest BCUT2D eigenvalue weighted by molar-refractivity contribution is -0.0511. The van der Waals surface area contributed by atoms with Crippen LogP contribution in [-0.2, 0) is 11.3 Å². The van der Waals surface area contributed by atoms with E-state index in [9.17, 15) is 15.3 Å². The molecule has 11 heteroatoms. The predicted molar refractivity (Wildman–Crippen MR) is 111 cm³/mol. The molecule has 0 bridgehead atoms. The summed E-state index contributed by atoms with van der Waals surface area (Å²) in [5.74, 6) is 1.24. The molecule has 5 rings (SSSR count). The lowest BCUT2D eigenvalue weighted by Crippen LogP contribution is -2.33. The molecule has 166 valence electrons. The highest BCUT2D eigenvalue weighted by Gasteiger charge is 2.44. The molecule has 5 N–H and O–H groups in total. The average molecular weight is 429 g/mol. The zero-order valence-corrected chi connectivity index (χ0v) is 17.1. The highest BCUT2D eigenvalue weighted by atomic mass is 16.6. The summed E-state index contributed by atoms with van der Waals surface area (Å²) in [6, 6.07) is 0. The molecule has 1 aliphatic carbocycles. The summed E-state index contributed by atoms with van der Waals surface area (Å²) in [5, 5.41) is 34.3. The van der Waals surface area contributed by atoms with Crippen molar-refractivity contribution in [3.8, 4) is 11.4 Å². The first-order chi connectivity index (χ1) is 15.0. The van der Waals surface area contributed by atoms with Crippen LogP contribution in [0.4, 0.5) is 5.82 Å². The second-order valence-electron chi connectivity index (χ2n) is 8.44. The van der Waals surface area contributed by atoms with Gasteiger partial charge in [0.25, 0.3) is 0 Å². The van der Waals surface area contributed by atoms with Gasteiger partial charge in [-0.05, 0) is 18.8 Å². The van der Waals surface area contributed by atoms with Crippen LogP contribution in [0.2, 0.25) is 0 Å². The molecule has 1 aliphatic heterocycles. The summed E-state index contributed by atoms with van der Waals surface area (Å²) >= 11 is 0. The zero-order chi connectivity index (χ0) is 21.5. The van der Waals surface area contributed by atoms with Gasteiger partial charge in [0.2, 0.25) is 0 Å². The van der Waals surface area contributed by atoms with Crippen molar-refractivity contribution in [3.05, 3.63) is 18.7 Å². The summed E-state index contributed by atoms with van der Waals surface area (Å²) in [6.45, 7) is 0.460. The number of hydrogen-bond donors (Lipinski definition) is 4. The Morgan fingerprint density at radius 3 is 2.68 bits per heavy atom. The van der Waals surface area contributed by atoms with Gasteiger partial charge < -0.3 is 25.8 Å². The Morgan fingerprint density at radius 2 is 1.94 bits per heavy atom. The lowest BCUT2D eigenvalue weighted by atomic mass is 9.89. The largest absolute Gasteiger partial charge is 0.394 e. The number of aromatic nitrogens is 6. The number of nitrogen functional groups attached to an aromatic ring is 1. The highest BCUT2D eigenvalue weighted by molar-refractivity contribution is 5.83. The summed E-state index contributed by atoms with van der Waals surface area (Å²) in [6.07, 6.45) is 7.10. The van der Waals surface area contributed by atoms with E-state index in [0.29, 0.717) is 22.9 Å². The van der Waals surface area contributed by atoms with E-state index in [1.807, 2.05) is 10.9 Å². The fourth-order valence-electron chi connectivity index (χ4n) is 4.58. The third kappa shape index (κ3) is 3.67. The minimum absolute atomic E-state index is 0.200. The Bertz CT molecular complexity index is 1060. The third-order valence-electron chi connectivity index (χ3n) is 6.30. The van der Waals surface area contributed by atoms with E-state index in [1.165, 1.54) is 43.0 Å². The van der Waals surface area contributed by atoms with E-state index in [1.54, 1.807) is 6.20 Å². The molecular weight excluding hydrogens is 402 g/mol. The third-order valence-corrected chi connectivity index (χ3v) is 6.30. The molecule has 2 fully saturated rings. The molecule has 0 aromatic carbocycles. The Kier molecular flexibility index (Phi) is 5.34. The van der Waals surface area contributed by atoms with Crippen LogP contribution in [0, 0.1) is 5.92 Å². The van der Waals surface area contributed by atoms with E-state index < -0.39 is 31.1 Å². The fraction of sp³-hybridized carbons (Fsp3) is 0.600. The molecule has 0 spiro atoms. The summed E-state index contributed by atoms with van der Waals surface area (Å²) in [5.41, 5.74) is 7.61. The molecule has 3 aromatic heterocycles. The van der Waals surface area contributed by atoms with Gasteiger partial charge in [-0.15, -0.1) is 0 Å². The number of fused-ring (bicyclic) bond motifs is 1. The Labute approximate surface area is 178 Å². The molecule has 3 aromatic rings. The molecule has 2 aliphatic rings. The van der Waals surface area contributed by atoms with E-state index in [0.717, 1.165) is 12.1 Å². The zero-order valence-electron chi connectivity index (χ0n) is 17.1. The number of aliphatic hydroxyl groups excluding tert-OH is 3. The standard InChI is InChI=1S/C20H27N7O4/c21-17-14-19(27(10-22-14)20-16(30)15(29)13(9-28)31-20)25-18(24-17)12-6-23-26(8-12)7-11-4-2-1-3-5-11/h6,8,10-11,13,15-16,20,28-30H,1-5,7,9H2,(H2,21,24,25)/t13-,15-,16-,20-/m1/s1. The van der Waals surface area contributed by atoms with Crippen LogP contribution in [0.5, 0.6) is 0 Å². The van der Waals surface area contributed by atoms with E-state index in [4.69, 9.17) is 10.5 Å². The second kappa shape index (κ2) is 8.15. The maximum atomic E-state index is 10.4. The maximum Gasteiger partial charge on any atom is 0.168 e. The van der Waals surface area contributed by atoms with Crippen LogP contribution in [0.25, 0.3) is 22.6 Å². The Morgan fingerprint density at radius 1 is 1.13 bits per heavy atom. The minimum atomic E-state index is -1.24. The monoisotopic (exact) mass is 429 g/mol. The van der Waals surface area contributed by atoms with E-state index in [2.05, 4.69) is 20.1 Å². The molecular formula is C20H27N7O4. The van der Waals surface area contributed by atoms with Crippen molar-refractivity contribution in [3.63, 3.8) is 0 Å². The predicted octanol–water partition coefficient (Wildman–Crippen LogP) is 0.464. The smallest absolute Gasteiger partial charge is 0.168 e. The van der Waals surface area contributed by atoms with Crippen molar-refractivity contribution in [2.24, 2.45) is 5.92 Å². The van der Waals surface area contributed by atoms with Crippen molar-refractivity contribution >= 4 is 17.0 Å². The van der Waals surface area contributed by atoms with Crippen molar-refractivity contribution in [2.75, 3.05) is 12.3 Å². The number of hydrogen-bond acceptors (Lipinski definition) is 9. The number of anilines is 1. The quantitative estimate of drug-likeness (QED) is 0.452. The second-order valence-corrected chi connectivity index (χ2v) is 8.44.